The van der Waals surface area contributed by atoms with Crippen LogP contribution in [0.25, 0.3) is 11.4 Å². The number of thiophene rings is 1. The second kappa shape index (κ2) is 6.22. The van der Waals surface area contributed by atoms with E-state index in [9.17, 15) is 4.79 Å². The maximum Gasteiger partial charge on any atom is 0.254 e. The fourth-order valence-corrected chi connectivity index (χ4v) is 3.71. The van der Waals surface area contributed by atoms with Crippen molar-refractivity contribution in [3.63, 3.8) is 0 Å². The Bertz CT molecular complexity index is 900. The minimum Gasteiger partial charge on any atom is -0.399 e. The van der Waals surface area contributed by atoms with Gasteiger partial charge in [0, 0.05) is 36.4 Å². The molecule has 0 bridgehead atoms. The van der Waals surface area contributed by atoms with Gasteiger partial charge in [-0.1, -0.05) is 0 Å². The third-order valence-electron chi connectivity index (χ3n) is 4.32. The summed E-state index contributed by atoms with van der Waals surface area (Å²) in [5.74, 6) is 0.608. The Balaban J connectivity index is 1.64. The predicted octanol–water partition coefficient (Wildman–Crippen LogP) is 2.64. The Kier molecular flexibility index (Phi) is 3.92. The van der Waals surface area contributed by atoms with Crippen LogP contribution in [0.5, 0.6) is 0 Å². The number of hydrogen-bond donors (Lipinski definition) is 2. The van der Waals surface area contributed by atoms with Crippen LogP contribution >= 0.6 is 11.3 Å². The molecule has 0 saturated heterocycles. The quantitative estimate of drug-likeness (QED) is 0.720. The third kappa shape index (κ3) is 2.98. The highest BCUT2D eigenvalue weighted by Crippen LogP contribution is 2.21. The van der Waals surface area contributed by atoms with Crippen molar-refractivity contribution in [1.29, 1.82) is 0 Å². The molecule has 0 saturated carbocycles. The summed E-state index contributed by atoms with van der Waals surface area (Å²) in [6.07, 6.45) is 0.740. The number of nitrogens with two attached hydrogens (primary N) is 1. The van der Waals surface area contributed by atoms with Crippen LogP contribution in [0.4, 0.5) is 5.69 Å². The largest absolute Gasteiger partial charge is 0.399 e. The molecule has 5 nitrogen and oxygen atoms in total. The van der Waals surface area contributed by atoms with Crippen LogP contribution in [-0.4, -0.2) is 21.4 Å². The molecule has 122 valence electrons. The fraction of sp³-hybridized carbons (Fsp3) is 0.222. The molecular formula is C18H18N4OS. The number of anilines is 1. The maximum absolute atomic E-state index is 12.4. The summed E-state index contributed by atoms with van der Waals surface area (Å²) in [7, 11) is 0. The lowest BCUT2D eigenvalue weighted by atomic mass is 10.1. The van der Waals surface area contributed by atoms with E-state index in [1.54, 1.807) is 11.3 Å². The Morgan fingerprint density at radius 1 is 1.25 bits per heavy atom. The average Bonchev–Trinajstić information content (AvgIpc) is 3.08. The number of nitrogen functional groups attached to an aromatic ring is 1. The number of hydrogen-bond acceptors (Lipinski definition) is 5. The molecule has 2 aromatic heterocycles. The molecule has 1 aromatic carbocycles. The normalized spacial score (nSPS) is 14.5. The van der Waals surface area contributed by atoms with Crippen molar-refractivity contribution in [3.8, 4) is 11.4 Å². The zero-order chi connectivity index (χ0) is 16.5. The van der Waals surface area contributed by atoms with Crippen LogP contribution in [0.1, 0.15) is 16.8 Å². The van der Waals surface area contributed by atoms with Gasteiger partial charge in [-0.25, -0.2) is 4.98 Å². The molecular weight excluding hydrogens is 320 g/mol. The Morgan fingerprint density at radius 2 is 2.08 bits per heavy atom. The predicted molar refractivity (Wildman–Crippen MR) is 96.8 cm³/mol. The third-order valence-corrected chi connectivity index (χ3v) is 5.05. The van der Waals surface area contributed by atoms with Crippen LogP contribution in [0.2, 0.25) is 0 Å². The monoisotopic (exact) mass is 338 g/mol. The zero-order valence-corrected chi connectivity index (χ0v) is 14.0. The Hall–Kier alpha value is -2.44. The topological polar surface area (TPSA) is 75.0 Å². The minimum atomic E-state index is -0.0259. The van der Waals surface area contributed by atoms with Gasteiger partial charge in [-0.3, -0.25) is 9.69 Å². The number of aromatic amines is 1. The Morgan fingerprint density at radius 3 is 2.83 bits per heavy atom. The first-order valence-electron chi connectivity index (χ1n) is 7.90. The van der Waals surface area contributed by atoms with Crippen molar-refractivity contribution in [2.24, 2.45) is 0 Å². The maximum atomic E-state index is 12.4. The molecule has 1 aliphatic rings. The molecule has 3 heterocycles. The summed E-state index contributed by atoms with van der Waals surface area (Å²) >= 11 is 1.71. The van der Waals surface area contributed by atoms with Crippen molar-refractivity contribution < 1.29 is 0 Å². The van der Waals surface area contributed by atoms with Gasteiger partial charge in [0.2, 0.25) is 0 Å². The minimum absolute atomic E-state index is 0.0259. The number of benzene rings is 1. The molecule has 3 aromatic rings. The standard InChI is InChI=1S/C18H18N4OS/c19-14-3-1-13(2-4-14)17-20-16-10-22(9-12-6-8-24-11-12)7-5-15(16)18(23)21-17/h1-4,6,8,11H,5,7,9-10,19H2,(H,20,21,23). The smallest absolute Gasteiger partial charge is 0.254 e. The lowest BCUT2D eigenvalue weighted by Crippen LogP contribution is -2.34. The highest BCUT2D eigenvalue weighted by molar-refractivity contribution is 7.07. The SMILES string of the molecule is Nc1ccc(-c2nc3c(c(=O)[nH]2)CCN(Cc2ccsc2)C3)cc1. The van der Waals surface area contributed by atoms with Gasteiger partial charge in [-0.15, -0.1) is 0 Å². The van der Waals surface area contributed by atoms with E-state index in [0.29, 0.717) is 18.1 Å². The highest BCUT2D eigenvalue weighted by Gasteiger charge is 2.21. The van der Waals surface area contributed by atoms with Crippen LogP contribution in [0.15, 0.2) is 45.9 Å². The van der Waals surface area contributed by atoms with E-state index in [4.69, 9.17) is 10.7 Å². The molecule has 0 aliphatic carbocycles. The van der Waals surface area contributed by atoms with Gasteiger partial charge in [0.05, 0.1) is 5.69 Å². The van der Waals surface area contributed by atoms with Crippen molar-refractivity contribution in [1.82, 2.24) is 14.9 Å². The molecule has 3 N–H and O–H groups in total. The van der Waals surface area contributed by atoms with E-state index >= 15 is 0 Å². The van der Waals surface area contributed by atoms with Crippen LogP contribution in [0, 0.1) is 0 Å². The first-order chi connectivity index (χ1) is 11.7. The molecule has 4 rings (SSSR count). The van der Waals surface area contributed by atoms with Crippen LogP contribution < -0.4 is 11.3 Å². The van der Waals surface area contributed by atoms with Gasteiger partial charge < -0.3 is 10.7 Å². The summed E-state index contributed by atoms with van der Waals surface area (Å²) in [5, 5.41) is 4.26. The summed E-state index contributed by atoms with van der Waals surface area (Å²) in [6, 6.07) is 9.54. The average molecular weight is 338 g/mol. The number of nitrogens with one attached hydrogen (secondary N) is 1. The van der Waals surface area contributed by atoms with Crippen LogP contribution in [0.3, 0.4) is 0 Å². The summed E-state index contributed by atoms with van der Waals surface area (Å²) < 4.78 is 0. The van der Waals surface area contributed by atoms with Crippen molar-refractivity contribution in [2.75, 3.05) is 12.3 Å². The van der Waals surface area contributed by atoms with E-state index in [1.807, 2.05) is 24.3 Å². The summed E-state index contributed by atoms with van der Waals surface area (Å²) in [5.41, 5.74) is 10.3. The second-order valence-electron chi connectivity index (χ2n) is 6.05. The van der Waals surface area contributed by atoms with Gasteiger partial charge in [-0.05, 0) is 53.1 Å². The first kappa shape index (κ1) is 15.1. The van der Waals surface area contributed by atoms with E-state index in [-0.39, 0.29) is 5.56 Å². The van der Waals surface area contributed by atoms with Crippen molar-refractivity contribution in [2.45, 2.75) is 19.5 Å². The fourth-order valence-electron chi connectivity index (χ4n) is 3.05. The molecule has 1 aliphatic heterocycles. The molecule has 0 amide bonds. The molecule has 6 heteroatoms. The molecule has 0 spiro atoms. The lowest BCUT2D eigenvalue weighted by Gasteiger charge is -2.27. The number of rotatable bonds is 3. The number of aromatic nitrogens is 2. The lowest BCUT2D eigenvalue weighted by molar-refractivity contribution is 0.241. The molecule has 0 unspecified atom stereocenters. The zero-order valence-electron chi connectivity index (χ0n) is 13.2. The summed E-state index contributed by atoms with van der Waals surface area (Å²) in [4.78, 5) is 22.4. The van der Waals surface area contributed by atoms with Gasteiger partial charge >= 0.3 is 0 Å². The first-order valence-corrected chi connectivity index (χ1v) is 8.85. The van der Waals surface area contributed by atoms with E-state index in [1.165, 1.54) is 5.56 Å². The molecule has 24 heavy (non-hydrogen) atoms. The molecule has 0 atom stereocenters. The second-order valence-corrected chi connectivity index (χ2v) is 6.83. The van der Waals surface area contributed by atoms with E-state index in [0.717, 1.165) is 36.3 Å². The number of fused-ring (bicyclic) bond motifs is 1. The van der Waals surface area contributed by atoms with Crippen molar-refractivity contribution >= 4 is 17.0 Å². The molecule has 0 fully saturated rings. The van der Waals surface area contributed by atoms with Crippen LogP contribution in [-0.2, 0) is 19.5 Å². The number of H-pyrrole nitrogens is 1. The molecule has 0 radical (unpaired) electrons. The van der Waals surface area contributed by atoms with Gasteiger partial charge in [0.1, 0.15) is 5.82 Å². The number of nitrogens with zero attached hydrogens (tertiary/aromatic N) is 2. The highest BCUT2D eigenvalue weighted by atomic mass is 32.1. The Labute approximate surface area is 143 Å². The van der Waals surface area contributed by atoms with Gasteiger partial charge in [0.25, 0.3) is 5.56 Å². The van der Waals surface area contributed by atoms with E-state index in [2.05, 4.69) is 26.7 Å². The van der Waals surface area contributed by atoms with E-state index < -0.39 is 0 Å². The summed E-state index contributed by atoms with van der Waals surface area (Å²) in [6.45, 7) is 2.49. The van der Waals surface area contributed by atoms with Crippen molar-refractivity contribution in [3.05, 3.63) is 68.3 Å². The van der Waals surface area contributed by atoms with Gasteiger partial charge in [0.15, 0.2) is 0 Å². The van der Waals surface area contributed by atoms with Gasteiger partial charge in [-0.2, -0.15) is 11.3 Å².